The molecule has 0 saturated carbocycles. The Morgan fingerprint density at radius 3 is 2.43 bits per heavy atom. The standard InChI is InChI=1S/C50H43N/c1-32-25-41(34-13-6-3-7-14-34)31-48-47-30-38(23-24-49(47)51-50(32)48)37-20-22-40-27-42(44-18-10-16-35-15-8-9-17-43(35)44)26-39-21-19-36(28-45(39)46(40)29-37)33-11-4-2-5-12-33/h2-11,13-24,26,29-30,32-33,36,41,51H,12,25,27-28,31H2,1H3. The normalized spacial score (nSPS) is 22.4. The third kappa shape index (κ3) is 5.38. The van der Waals surface area contributed by atoms with E-state index in [4.69, 9.17) is 0 Å². The summed E-state index contributed by atoms with van der Waals surface area (Å²) in [5.74, 6) is 2.11. The van der Waals surface area contributed by atoms with Crippen LogP contribution in [0.4, 0.5) is 0 Å². The van der Waals surface area contributed by atoms with Gasteiger partial charge >= 0.3 is 0 Å². The molecule has 0 amide bonds. The third-order valence-electron chi connectivity index (χ3n) is 12.3. The molecule has 0 bridgehead atoms. The van der Waals surface area contributed by atoms with Gasteiger partial charge in [0.1, 0.15) is 0 Å². The van der Waals surface area contributed by atoms with Gasteiger partial charge in [-0.05, 0) is 140 Å². The topological polar surface area (TPSA) is 15.8 Å². The lowest BCUT2D eigenvalue weighted by Crippen LogP contribution is -2.15. The summed E-state index contributed by atoms with van der Waals surface area (Å²) in [6, 6.07) is 41.2. The number of allylic oxidation sites excluding steroid dienone is 10. The summed E-state index contributed by atoms with van der Waals surface area (Å²) in [5.41, 5.74) is 16.8. The van der Waals surface area contributed by atoms with Crippen LogP contribution in [0.1, 0.15) is 71.5 Å². The van der Waals surface area contributed by atoms with E-state index < -0.39 is 0 Å². The van der Waals surface area contributed by atoms with Gasteiger partial charge in [0.25, 0.3) is 0 Å². The van der Waals surface area contributed by atoms with E-state index in [2.05, 4.69) is 164 Å². The summed E-state index contributed by atoms with van der Waals surface area (Å²) in [6.45, 7) is 2.40. The van der Waals surface area contributed by atoms with Crippen LogP contribution in [0.25, 0.3) is 43.9 Å². The summed E-state index contributed by atoms with van der Waals surface area (Å²) in [4.78, 5) is 3.85. The van der Waals surface area contributed by atoms with Gasteiger partial charge in [0, 0.05) is 16.6 Å². The van der Waals surface area contributed by atoms with Gasteiger partial charge in [-0.15, -0.1) is 0 Å². The minimum absolute atomic E-state index is 0.497. The molecule has 5 aromatic carbocycles. The molecule has 0 fully saturated rings. The van der Waals surface area contributed by atoms with E-state index in [-0.39, 0.29) is 0 Å². The maximum Gasteiger partial charge on any atom is 0.0459 e. The third-order valence-corrected chi connectivity index (χ3v) is 12.3. The zero-order chi connectivity index (χ0) is 33.9. The predicted molar refractivity (Wildman–Crippen MR) is 216 cm³/mol. The van der Waals surface area contributed by atoms with Crippen LogP contribution in [0.5, 0.6) is 0 Å². The Balaban J connectivity index is 1.07. The maximum absolute atomic E-state index is 3.85. The molecule has 0 aliphatic heterocycles. The van der Waals surface area contributed by atoms with Crippen molar-refractivity contribution in [2.24, 2.45) is 11.8 Å². The van der Waals surface area contributed by atoms with Gasteiger partial charge in [0.05, 0.1) is 0 Å². The van der Waals surface area contributed by atoms with Gasteiger partial charge in [0.15, 0.2) is 0 Å². The first-order valence-electron chi connectivity index (χ1n) is 18.9. The minimum atomic E-state index is 0.497. The largest absolute Gasteiger partial charge is 0.358 e. The summed E-state index contributed by atoms with van der Waals surface area (Å²) < 4.78 is 0. The SMILES string of the molecule is CC1CC(c2ccccc2)Cc2c1[nH]c1ccc(-c3ccc4c(c3)C3=C(C=CC(C5C=CC=CC5)C3)C=C(c3cccc5ccccc35)C4)cc21. The molecule has 1 heterocycles. The monoisotopic (exact) mass is 657 g/mol. The van der Waals surface area contributed by atoms with Gasteiger partial charge in [-0.2, -0.15) is 0 Å². The molecule has 6 aromatic rings. The Morgan fingerprint density at radius 1 is 0.686 bits per heavy atom. The van der Waals surface area contributed by atoms with Crippen LogP contribution in [0, 0.1) is 11.8 Å². The second kappa shape index (κ2) is 12.4. The molecule has 1 N–H and O–H groups in total. The highest BCUT2D eigenvalue weighted by atomic mass is 14.7. The second-order valence-electron chi connectivity index (χ2n) is 15.3. The van der Waals surface area contributed by atoms with Crippen molar-refractivity contribution >= 4 is 32.8 Å². The molecule has 1 aromatic heterocycles. The highest BCUT2D eigenvalue weighted by Gasteiger charge is 2.30. The first kappa shape index (κ1) is 30.4. The fourth-order valence-electron chi connectivity index (χ4n) is 9.62. The number of aromatic nitrogens is 1. The van der Waals surface area contributed by atoms with Gasteiger partial charge in [-0.1, -0.05) is 140 Å². The Bertz CT molecular complexity index is 2470. The zero-order valence-electron chi connectivity index (χ0n) is 29.3. The number of rotatable bonds is 4. The Hall–Kier alpha value is -5.40. The molecule has 10 rings (SSSR count). The first-order chi connectivity index (χ1) is 25.2. The van der Waals surface area contributed by atoms with E-state index in [1.54, 1.807) is 0 Å². The molecular formula is C50H43N. The van der Waals surface area contributed by atoms with Gasteiger partial charge in [0.2, 0.25) is 0 Å². The van der Waals surface area contributed by atoms with E-state index in [1.807, 2.05) is 0 Å². The van der Waals surface area contributed by atoms with E-state index in [9.17, 15) is 0 Å². The van der Waals surface area contributed by atoms with Crippen molar-refractivity contribution in [1.82, 2.24) is 4.98 Å². The van der Waals surface area contributed by atoms with Crippen LogP contribution < -0.4 is 0 Å². The number of hydrogen-bond acceptors (Lipinski definition) is 0. The fraction of sp³-hybridized carbons (Fsp3) is 0.200. The van der Waals surface area contributed by atoms with E-state index in [0.29, 0.717) is 23.7 Å². The molecule has 4 atom stereocenters. The summed E-state index contributed by atoms with van der Waals surface area (Å²) in [5, 5.41) is 4.02. The molecular weight excluding hydrogens is 615 g/mol. The number of hydrogen-bond donors (Lipinski definition) is 1. The Labute approximate surface area is 301 Å². The highest BCUT2D eigenvalue weighted by molar-refractivity contribution is 5.97. The Morgan fingerprint density at radius 2 is 1.53 bits per heavy atom. The molecule has 0 spiro atoms. The molecule has 51 heavy (non-hydrogen) atoms. The van der Waals surface area contributed by atoms with Gasteiger partial charge in [-0.3, -0.25) is 0 Å². The van der Waals surface area contributed by atoms with Crippen LogP contribution >= 0.6 is 0 Å². The first-order valence-corrected chi connectivity index (χ1v) is 18.9. The molecule has 4 aliphatic rings. The Kier molecular flexibility index (Phi) is 7.41. The number of H-pyrrole nitrogens is 1. The highest BCUT2D eigenvalue weighted by Crippen LogP contribution is 2.46. The van der Waals surface area contributed by atoms with Crippen LogP contribution in [-0.2, 0) is 12.8 Å². The van der Waals surface area contributed by atoms with Crippen LogP contribution in [0.3, 0.4) is 0 Å². The van der Waals surface area contributed by atoms with Crippen LogP contribution in [-0.4, -0.2) is 4.98 Å². The fourth-order valence-corrected chi connectivity index (χ4v) is 9.62. The lowest BCUT2D eigenvalue weighted by atomic mass is 9.76. The maximum atomic E-state index is 3.85. The van der Waals surface area contributed by atoms with Gasteiger partial charge in [-0.25, -0.2) is 0 Å². The summed E-state index contributed by atoms with van der Waals surface area (Å²) >= 11 is 0. The molecule has 4 aliphatic carbocycles. The van der Waals surface area contributed by atoms with Crippen molar-refractivity contribution in [2.45, 2.75) is 50.9 Å². The molecule has 0 radical (unpaired) electrons. The van der Waals surface area contributed by atoms with Crippen LogP contribution in [0.2, 0.25) is 0 Å². The number of benzene rings is 5. The van der Waals surface area contributed by atoms with Gasteiger partial charge < -0.3 is 4.98 Å². The van der Waals surface area contributed by atoms with E-state index in [0.717, 1.165) is 25.7 Å². The van der Waals surface area contributed by atoms with Crippen molar-refractivity contribution in [3.63, 3.8) is 0 Å². The smallest absolute Gasteiger partial charge is 0.0459 e. The molecule has 0 saturated heterocycles. The summed E-state index contributed by atoms with van der Waals surface area (Å²) in [7, 11) is 0. The van der Waals surface area contributed by atoms with Crippen molar-refractivity contribution in [2.75, 3.05) is 0 Å². The average Bonchev–Trinajstić information content (AvgIpc) is 3.48. The van der Waals surface area contributed by atoms with Crippen molar-refractivity contribution in [3.05, 3.63) is 191 Å². The second-order valence-corrected chi connectivity index (χ2v) is 15.3. The molecule has 4 unspecified atom stereocenters. The zero-order valence-corrected chi connectivity index (χ0v) is 29.3. The van der Waals surface area contributed by atoms with Crippen molar-refractivity contribution in [1.29, 1.82) is 0 Å². The average molecular weight is 658 g/mol. The summed E-state index contributed by atoms with van der Waals surface area (Å²) in [6.07, 6.45) is 22.0. The predicted octanol–water partition coefficient (Wildman–Crippen LogP) is 12.9. The minimum Gasteiger partial charge on any atom is -0.358 e. The van der Waals surface area contributed by atoms with E-state index >= 15 is 0 Å². The molecule has 1 heteroatoms. The number of fused-ring (bicyclic) bond motifs is 6. The van der Waals surface area contributed by atoms with E-state index in [1.165, 1.54) is 89.5 Å². The lowest BCUT2D eigenvalue weighted by Gasteiger charge is -2.28. The lowest BCUT2D eigenvalue weighted by molar-refractivity contribution is 0.482. The molecule has 248 valence electrons. The quantitative estimate of drug-likeness (QED) is 0.194. The van der Waals surface area contributed by atoms with Crippen molar-refractivity contribution < 1.29 is 0 Å². The molecule has 1 nitrogen and oxygen atoms in total. The van der Waals surface area contributed by atoms with Crippen LogP contribution in [0.15, 0.2) is 157 Å². The van der Waals surface area contributed by atoms with Crippen molar-refractivity contribution in [3.8, 4) is 11.1 Å². The number of aromatic amines is 1. The number of nitrogens with one attached hydrogen (secondary N) is 1.